The van der Waals surface area contributed by atoms with Gasteiger partial charge < -0.3 is 4.74 Å². The minimum atomic E-state index is -0.916. The largest absolute Gasteiger partial charge is 0.480 e. The summed E-state index contributed by atoms with van der Waals surface area (Å²) < 4.78 is 7.23. The quantitative estimate of drug-likeness (QED) is 0.577. The summed E-state index contributed by atoms with van der Waals surface area (Å²) in [6.07, 6.45) is -0.916. The molecule has 2 N–H and O–H groups in total. The number of carbonyl (C=O) groups is 2. The van der Waals surface area contributed by atoms with Gasteiger partial charge in [0.05, 0.1) is 5.69 Å². The van der Waals surface area contributed by atoms with Gasteiger partial charge in [-0.3, -0.25) is 25.2 Å². The van der Waals surface area contributed by atoms with Crippen molar-refractivity contribution in [2.75, 3.05) is 0 Å². The number of hydrogen-bond donors (Lipinski definition) is 2. The molecule has 0 radical (unpaired) electrons. The van der Waals surface area contributed by atoms with E-state index in [1.54, 1.807) is 38.1 Å². The summed E-state index contributed by atoms with van der Waals surface area (Å²) >= 11 is 6.02. The summed E-state index contributed by atoms with van der Waals surface area (Å²) in [5, 5.41) is 4.73. The molecular weight excluding hydrogens is 432 g/mol. The minimum Gasteiger partial charge on any atom is -0.480 e. The van der Waals surface area contributed by atoms with E-state index >= 15 is 0 Å². The van der Waals surface area contributed by atoms with Crippen molar-refractivity contribution in [1.29, 1.82) is 0 Å². The van der Waals surface area contributed by atoms with Gasteiger partial charge in [0, 0.05) is 16.8 Å². The van der Waals surface area contributed by atoms with Crippen LogP contribution in [0, 0.1) is 20.8 Å². The van der Waals surface area contributed by atoms with E-state index in [1.165, 1.54) is 10.7 Å². The van der Waals surface area contributed by atoms with Crippen LogP contribution in [0.4, 0.5) is 0 Å². The Morgan fingerprint density at radius 1 is 1.03 bits per heavy atom. The summed E-state index contributed by atoms with van der Waals surface area (Å²) in [6.45, 7) is 6.90. The fourth-order valence-electron chi connectivity index (χ4n) is 3.13. The third-order valence-electron chi connectivity index (χ3n) is 4.71. The summed E-state index contributed by atoms with van der Waals surface area (Å²) in [7, 11) is 0. The van der Waals surface area contributed by atoms with Crippen LogP contribution in [0.1, 0.15) is 34.2 Å². The maximum Gasteiger partial charge on any atom is 0.294 e. The van der Waals surface area contributed by atoms with Gasteiger partial charge in [-0.15, -0.1) is 0 Å². The zero-order valence-electron chi connectivity index (χ0n) is 18.1. The molecule has 1 atom stereocenters. The highest BCUT2D eigenvalue weighted by Crippen LogP contribution is 2.27. The number of hydrogen-bond acceptors (Lipinski definition) is 5. The maximum atomic E-state index is 12.5. The number of aromatic nitrogens is 2. The van der Waals surface area contributed by atoms with Gasteiger partial charge in [-0.1, -0.05) is 29.8 Å². The lowest BCUT2D eigenvalue weighted by Crippen LogP contribution is -2.48. The standard InChI is InChI=1S/C23H23ClN4O4/c1-13-10-17(24)11-14(2)21(13)32-16(4)22(30)25-26-23(31)20-19(29)12-15(3)28(27-20)18-8-6-5-7-9-18/h5-12,16H,1-4H3,(H,25,30)(H,26,31). The molecule has 3 rings (SSSR count). The predicted molar refractivity (Wildman–Crippen MR) is 121 cm³/mol. The van der Waals surface area contributed by atoms with Gasteiger partial charge in [0.25, 0.3) is 11.8 Å². The van der Waals surface area contributed by atoms with E-state index in [1.807, 2.05) is 32.0 Å². The van der Waals surface area contributed by atoms with Crippen molar-refractivity contribution in [2.45, 2.75) is 33.8 Å². The van der Waals surface area contributed by atoms with Gasteiger partial charge in [0.15, 0.2) is 11.8 Å². The molecule has 0 saturated carbocycles. The van der Waals surface area contributed by atoms with Gasteiger partial charge in [0.2, 0.25) is 5.43 Å². The number of halogens is 1. The number of hydrazine groups is 1. The normalized spacial score (nSPS) is 11.5. The van der Waals surface area contributed by atoms with E-state index in [0.29, 0.717) is 22.2 Å². The molecule has 1 aromatic heterocycles. The van der Waals surface area contributed by atoms with Gasteiger partial charge >= 0.3 is 0 Å². The molecule has 0 aliphatic carbocycles. The summed E-state index contributed by atoms with van der Waals surface area (Å²) in [6, 6.07) is 13.9. The molecule has 166 valence electrons. The number of amides is 2. The topological polar surface area (TPSA) is 102 Å². The fraction of sp³-hybridized carbons (Fsp3) is 0.217. The minimum absolute atomic E-state index is 0.349. The fourth-order valence-corrected chi connectivity index (χ4v) is 3.46. The molecule has 9 heteroatoms. The SMILES string of the molecule is Cc1cc(Cl)cc(C)c1OC(C)C(=O)NNC(=O)c1nn(-c2ccccc2)c(C)cc1=O. The van der Waals surface area contributed by atoms with E-state index < -0.39 is 23.3 Å². The van der Waals surface area contributed by atoms with Crippen molar-refractivity contribution >= 4 is 23.4 Å². The Kier molecular flexibility index (Phi) is 6.95. The Morgan fingerprint density at radius 2 is 1.66 bits per heavy atom. The van der Waals surface area contributed by atoms with Crippen LogP contribution in [0.25, 0.3) is 5.69 Å². The highest BCUT2D eigenvalue weighted by molar-refractivity contribution is 6.30. The van der Waals surface area contributed by atoms with Gasteiger partial charge in [-0.25, -0.2) is 4.68 Å². The summed E-state index contributed by atoms with van der Waals surface area (Å²) in [4.78, 5) is 37.3. The molecule has 1 unspecified atom stereocenters. The second-order valence-corrected chi connectivity index (χ2v) is 7.75. The van der Waals surface area contributed by atoms with E-state index in [2.05, 4.69) is 16.0 Å². The van der Waals surface area contributed by atoms with E-state index in [0.717, 1.165) is 11.1 Å². The molecule has 0 bridgehead atoms. The van der Waals surface area contributed by atoms with Crippen LogP contribution >= 0.6 is 11.6 Å². The van der Waals surface area contributed by atoms with E-state index in [9.17, 15) is 14.4 Å². The molecule has 0 saturated heterocycles. The third kappa shape index (κ3) is 5.15. The Hall–Kier alpha value is -3.65. The third-order valence-corrected chi connectivity index (χ3v) is 4.93. The lowest BCUT2D eigenvalue weighted by Gasteiger charge is -2.18. The number of benzene rings is 2. The van der Waals surface area contributed by atoms with Crippen molar-refractivity contribution < 1.29 is 14.3 Å². The Balaban J connectivity index is 1.70. The van der Waals surface area contributed by atoms with Crippen LogP contribution in [0.15, 0.2) is 53.3 Å². The van der Waals surface area contributed by atoms with Crippen LogP contribution in [0.2, 0.25) is 5.02 Å². The average molecular weight is 455 g/mol. The Labute approximate surface area is 190 Å². The van der Waals surface area contributed by atoms with E-state index in [4.69, 9.17) is 16.3 Å². The van der Waals surface area contributed by atoms with Crippen LogP contribution in [0.3, 0.4) is 0 Å². The number of nitrogens with zero attached hydrogens (tertiary/aromatic N) is 2. The molecule has 0 spiro atoms. The highest BCUT2D eigenvalue weighted by atomic mass is 35.5. The van der Waals surface area contributed by atoms with Gasteiger partial charge in [-0.2, -0.15) is 5.10 Å². The van der Waals surface area contributed by atoms with Crippen molar-refractivity contribution in [3.8, 4) is 11.4 Å². The van der Waals surface area contributed by atoms with Crippen molar-refractivity contribution in [2.24, 2.45) is 0 Å². The van der Waals surface area contributed by atoms with Crippen LogP contribution in [-0.2, 0) is 4.79 Å². The molecule has 0 aliphatic heterocycles. The average Bonchev–Trinajstić information content (AvgIpc) is 2.74. The van der Waals surface area contributed by atoms with Gasteiger partial charge in [-0.05, 0) is 63.1 Å². The number of carbonyl (C=O) groups excluding carboxylic acids is 2. The van der Waals surface area contributed by atoms with Crippen molar-refractivity contribution in [1.82, 2.24) is 20.6 Å². The number of para-hydroxylation sites is 1. The summed E-state index contributed by atoms with van der Waals surface area (Å²) in [5.74, 6) is -0.893. The lowest BCUT2D eigenvalue weighted by atomic mass is 10.1. The van der Waals surface area contributed by atoms with Crippen LogP contribution in [-0.4, -0.2) is 27.7 Å². The molecular formula is C23H23ClN4O4. The molecule has 3 aromatic rings. The van der Waals surface area contributed by atoms with Crippen molar-refractivity contribution in [3.05, 3.63) is 86.3 Å². The number of aryl methyl sites for hydroxylation is 3. The monoisotopic (exact) mass is 454 g/mol. The molecule has 2 aromatic carbocycles. The zero-order valence-corrected chi connectivity index (χ0v) is 18.9. The van der Waals surface area contributed by atoms with Crippen molar-refractivity contribution in [3.63, 3.8) is 0 Å². The second kappa shape index (κ2) is 9.65. The Morgan fingerprint density at radius 3 is 2.28 bits per heavy atom. The lowest BCUT2D eigenvalue weighted by molar-refractivity contribution is -0.128. The first kappa shape index (κ1) is 23.0. The molecule has 1 heterocycles. The molecule has 0 aliphatic rings. The predicted octanol–water partition coefficient (Wildman–Crippen LogP) is 3.04. The Bertz CT molecular complexity index is 1200. The molecule has 0 fully saturated rings. The smallest absolute Gasteiger partial charge is 0.294 e. The molecule has 8 nitrogen and oxygen atoms in total. The number of ether oxygens (including phenoxy) is 1. The maximum absolute atomic E-state index is 12.5. The first-order chi connectivity index (χ1) is 15.2. The first-order valence-electron chi connectivity index (χ1n) is 9.87. The summed E-state index contributed by atoms with van der Waals surface area (Å²) in [5.41, 5.74) is 6.42. The van der Waals surface area contributed by atoms with Gasteiger partial charge in [0.1, 0.15) is 5.75 Å². The first-order valence-corrected chi connectivity index (χ1v) is 10.2. The number of nitrogens with one attached hydrogen (secondary N) is 2. The highest BCUT2D eigenvalue weighted by Gasteiger charge is 2.20. The zero-order chi connectivity index (χ0) is 23.4. The molecule has 2 amide bonds. The second-order valence-electron chi connectivity index (χ2n) is 7.32. The van der Waals surface area contributed by atoms with Crippen LogP contribution < -0.4 is 21.0 Å². The number of rotatable bonds is 5. The van der Waals surface area contributed by atoms with E-state index in [-0.39, 0.29) is 5.69 Å². The van der Waals surface area contributed by atoms with Crippen LogP contribution in [0.5, 0.6) is 5.75 Å². The molecule has 32 heavy (non-hydrogen) atoms.